The topological polar surface area (TPSA) is 62.9 Å². The zero-order valence-corrected chi connectivity index (χ0v) is 12.1. The smallest absolute Gasteiger partial charge is 0.161 e. The van der Waals surface area contributed by atoms with Crippen molar-refractivity contribution in [3.05, 3.63) is 23.8 Å². The van der Waals surface area contributed by atoms with Crippen molar-refractivity contribution in [3.63, 3.8) is 0 Å². The van der Waals surface area contributed by atoms with Crippen LogP contribution in [0.4, 0.5) is 0 Å². The summed E-state index contributed by atoms with van der Waals surface area (Å²) in [5.74, 6) is 1.55. The van der Waals surface area contributed by atoms with Crippen molar-refractivity contribution >= 4 is 0 Å². The first-order chi connectivity index (χ1) is 9.70. The van der Waals surface area contributed by atoms with Crippen molar-refractivity contribution in [1.29, 1.82) is 0 Å². The van der Waals surface area contributed by atoms with Crippen LogP contribution in [0.5, 0.6) is 11.5 Å². The SMILES string of the molecule is COCC(C)OCC(N)c1ccc2c(c1)OCCCO2. The standard InChI is InChI=1S/C15H23NO4/c1-11(9-17-2)20-10-13(16)12-4-5-14-15(8-12)19-7-3-6-18-14/h4-5,8,11,13H,3,6-7,9-10,16H2,1-2H3. The number of nitrogens with two attached hydrogens (primary N) is 1. The van der Waals surface area contributed by atoms with Crippen molar-refractivity contribution in [3.8, 4) is 11.5 Å². The summed E-state index contributed by atoms with van der Waals surface area (Å²) in [6, 6.07) is 5.62. The fourth-order valence-electron chi connectivity index (χ4n) is 2.06. The molecule has 0 bridgehead atoms. The lowest BCUT2D eigenvalue weighted by atomic mass is 10.1. The molecule has 0 saturated carbocycles. The molecule has 2 unspecified atom stereocenters. The van der Waals surface area contributed by atoms with Crippen molar-refractivity contribution in [2.45, 2.75) is 25.5 Å². The van der Waals surface area contributed by atoms with Gasteiger partial charge in [0.15, 0.2) is 11.5 Å². The van der Waals surface area contributed by atoms with E-state index in [1.807, 2.05) is 25.1 Å². The van der Waals surface area contributed by atoms with E-state index in [4.69, 9.17) is 24.7 Å². The van der Waals surface area contributed by atoms with E-state index in [2.05, 4.69) is 0 Å². The molecule has 20 heavy (non-hydrogen) atoms. The van der Waals surface area contributed by atoms with Gasteiger partial charge in [0.25, 0.3) is 0 Å². The Labute approximate surface area is 120 Å². The molecule has 5 nitrogen and oxygen atoms in total. The second kappa shape index (κ2) is 7.47. The minimum atomic E-state index is -0.188. The highest BCUT2D eigenvalue weighted by Crippen LogP contribution is 2.31. The monoisotopic (exact) mass is 281 g/mol. The van der Waals surface area contributed by atoms with Gasteiger partial charge >= 0.3 is 0 Å². The van der Waals surface area contributed by atoms with Gasteiger partial charge in [-0.25, -0.2) is 0 Å². The predicted octanol–water partition coefficient (Wildman–Crippen LogP) is 1.90. The zero-order chi connectivity index (χ0) is 14.4. The first-order valence-electron chi connectivity index (χ1n) is 6.96. The number of methoxy groups -OCH3 is 1. The molecule has 5 heteroatoms. The summed E-state index contributed by atoms with van der Waals surface area (Å²) < 4.78 is 21.9. The van der Waals surface area contributed by atoms with Crippen LogP contribution in [0, 0.1) is 0 Å². The van der Waals surface area contributed by atoms with E-state index < -0.39 is 0 Å². The van der Waals surface area contributed by atoms with Crippen LogP contribution in [0.1, 0.15) is 24.9 Å². The first-order valence-corrected chi connectivity index (χ1v) is 6.96. The average Bonchev–Trinajstić information content (AvgIpc) is 2.69. The maximum absolute atomic E-state index is 6.15. The van der Waals surface area contributed by atoms with E-state index in [9.17, 15) is 0 Å². The predicted molar refractivity (Wildman–Crippen MR) is 76.3 cm³/mol. The molecule has 2 atom stereocenters. The van der Waals surface area contributed by atoms with E-state index in [0.29, 0.717) is 26.4 Å². The molecule has 1 aromatic carbocycles. The van der Waals surface area contributed by atoms with Gasteiger partial charge in [0.05, 0.1) is 38.6 Å². The zero-order valence-electron chi connectivity index (χ0n) is 12.1. The van der Waals surface area contributed by atoms with Crippen molar-refractivity contribution in [2.75, 3.05) is 33.5 Å². The number of benzene rings is 1. The maximum atomic E-state index is 6.15. The minimum absolute atomic E-state index is 0.0338. The second-order valence-electron chi connectivity index (χ2n) is 4.96. The lowest BCUT2D eigenvalue weighted by Crippen LogP contribution is -2.23. The Balaban J connectivity index is 1.96. The van der Waals surface area contributed by atoms with Crippen molar-refractivity contribution < 1.29 is 18.9 Å². The highest BCUT2D eigenvalue weighted by Gasteiger charge is 2.15. The number of ether oxygens (including phenoxy) is 4. The van der Waals surface area contributed by atoms with Crippen molar-refractivity contribution in [1.82, 2.24) is 0 Å². The van der Waals surface area contributed by atoms with Crippen LogP contribution in [-0.4, -0.2) is 39.6 Å². The van der Waals surface area contributed by atoms with Crippen LogP contribution >= 0.6 is 0 Å². The number of rotatable bonds is 6. The first kappa shape index (κ1) is 15.1. The van der Waals surface area contributed by atoms with Gasteiger partial charge in [-0.1, -0.05) is 6.07 Å². The summed E-state index contributed by atoms with van der Waals surface area (Å²) in [6.07, 6.45) is 0.930. The third-order valence-electron chi connectivity index (χ3n) is 3.16. The molecule has 1 aliphatic rings. The summed E-state index contributed by atoms with van der Waals surface area (Å²) in [5.41, 5.74) is 7.13. The van der Waals surface area contributed by atoms with Crippen LogP contribution in [0.3, 0.4) is 0 Å². The molecule has 2 rings (SSSR count). The van der Waals surface area contributed by atoms with Crippen LogP contribution in [0.2, 0.25) is 0 Å². The third-order valence-corrected chi connectivity index (χ3v) is 3.16. The van der Waals surface area contributed by atoms with Gasteiger partial charge in [-0.3, -0.25) is 0 Å². The normalized spacial score (nSPS) is 17.4. The Bertz CT molecular complexity index is 424. The molecular formula is C15H23NO4. The van der Waals surface area contributed by atoms with Crippen LogP contribution in [0.15, 0.2) is 18.2 Å². The van der Waals surface area contributed by atoms with Gasteiger partial charge in [-0.05, 0) is 24.6 Å². The highest BCUT2D eigenvalue weighted by atomic mass is 16.5. The molecule has 1 aliphatic heterocycles. The van der Waals surface area contributed by atoms with E-state index >= 15 is 0 Å². The highest BCUT2D eigenvalue weighted by molar-refractivity contribution is 5.44. The fourth-order valence-corrected chi connectivity index (χ4v) is 2.06. The van der Waals surface area contributed by atoms with Crippen LogP contribution in [-0.2, 0) is 9.47 Å². The molecule has 1 heterocycles. The van der Waals surface area contributed by atoms with Gasteiger partial charge in [0.1, 0.15) is 0 Å². The molecule has 0 fully saturated rings. The number of hydrogen-bond acceptors (Lipinski definition) is 5. The molecule has 0 amide bonds. The number of fused-ring (bicyclic) bond motifs is 1. The summed E-state index contributed by atoms with van der Waals surface area (Å²) in [4.78, 5) is 0. The van der Waals surface area contributed by atoms with Gasteiger partial charge in [-0.2, -0.15) is 0 Å². The van der Waals surface area contributed by atoms with E-state index in [-0.39, 0.29) is 12.1 Å². The summed E-state index contributed by atoms with van der Waals surface area (Å²) in [6.45, 7) is 4.34. The molecule has 0 aliphatic carbocycles. The van der Waals surface area contributed by atoms with E-state index in [0.717, 1.165) is 23.5 Å². The Morgan fingerprint density at radius 2 is 1.95 bits per heavy atom. The van der Waals surface area contributed by atoms with E-state index in [1.165, 1.54) is 0 Å². The molecule has 0 saturated heterocycles. The fraction of sp³-hybridized carbons (Fsp3) is 0.600. The maximum Gasteiger partial charge on any atom is 0.161 e. The Hall–Kier alpha value is -1.30. The Kier molecular flexibility index (Phi) is 5.64. The van der Waals surface area contributed by atoms with Gasteiger partial charge in [0.2, 0.25) is 0 Å². The minimum Gasteiger partial charge on any atom is -0.490 e. The van der Waals surface area contributed by atoms with E-state index in [1.54, 1.807) is 7.11 Å². The lowest BCUT2D eigenvalue weighted by Gasteiger charge is -2.18. The van der Waals surface area contributed by atoms with Gasteiger partial charge in [0, 0.05) is 13.5 Å². The molecule has 1 aromatic rings. The summed E-state index contributed by atoms with van der Waals surface area (Å²) in [7, 11) is 1.66. The number of hydrogen-bond donors (Lipinski definition) is 1. The third kappa shape index (κ3) is 4.10. The van der Waals surface area contributed by atoms with Gasteiger partial charge in [-0.15, -0.1) is 0 Å². The molecule has 0 radical (unpaired) electrons. The largest absolute Gasteiger partial charge is 0.490 e. The van der Waals surface area contributed by atoms with Crippen LogP contribution < -0.4 is 15.2 Å². The second-order valence-corrected chi connectivity index (χ2v) is 4.96. The molecule has 112 valence electrons. The summed E-state index contributed by atoms with van der Waals surface area (Å²) in [5, 5.41) is 0. The lowest BCUT2D eigenvalue weighted by molar-refractivity contribution is 0.00327. The van der Waals surface area contributed by atoms with Gasteiger partial charge < -0.3 is 24.7 Å². The van der Waals surface area contributed by atoms with Crippen LogP contribution in [0.25, 0.3) is 0 Å². The van der Waals surface area contributed by atoms with Crippen molar-refractivity contribution in [2.24, 2.45) is 5.73 Å². The molecule has 2 N–H and O–H groups in total. The quantitative estimate of drug-likeness (QED) is 0.863. The Morgan fingerprint density at radius 3 is 2.70 bits per heavy atom. The average molecular weight is 281 g/mol. The summed E-state index contributed by atoms with van der Waals surface area (Å²) >= 11 is 0. The Morgan fingerprint density at radius 1 is 1.20 bits per heavy atom. The molecule has 0 spiro atoms. The molecular weight excluding hydrogens is 258 g/mol. The molecule has 0 aromatic heterocycles.